The van der Waals surface area contributed by atoms with E-state index in [9.17, 15) is 0 Å². The Balaban J connectivity index is 2.20. The van der Waals surface area contributed by atoms with Gasteiger partial charge in [-0.1, -0.05) is 24.6 Å². The van der Waals surface area contributed by atoms with Gasteiger partial charge in [-0.25, -0.2) is 4.98 Å². The van der Waals surface area contributed by atoms with Gasteiger partial charge >= 0.3 is 0 Å². The number of nitrogens with one attached hydrogen (secondary N) is 1. The van der Waals surface area contributed by atoms with Crippen molar-refractivity contribution in [1.29, 1.82) is 0 Å². The fourth-order valence-corrected chi connectivity index (χ4v) is 1.69. The highest BCUT2D eigenvalue weighted by Gasteiger charge is 2.09. The minimum absolute atomic E-state index is 0.385. The predicted molar refractivity (Wildman–Crippen MR) is 77.0 cm³/mol. The lowest BCUT2D eigenvalue weighted by Crippen LogP contribution is -2.05. The standard InChI is InChI=1S/C13H15ClN4O/c1-2-6-19-13-11(15)12(16-8-17-13)18-10-5-3-4-9(14)7-10/h3-5,7-8H,2,6,15H2,1H3,(H,16,17,18). The van der Waals surface area contributed by atoms with Gasteiger partial charge in [0.05, 0.1) is 6.61 Å². The summed E-state index contributed by atoms with van der Waals surface area (Å²) in [7, 11) is 0. The molecule has 1 aromatic carbocycles. The van der Waals surface area contributed by atoms with Gasteiger partial charge in [0.15, 0.2) is 5.82 Å². The summed E-state index contributed by atoms with van der Waals surface area (Å²) in [5.74, 6) is 0.893. The SMILES string of the molecule is CCCOc1ncnc(Nc2cccc(Cl)c2)c1N. The Morgan fingerprint density at radius 2 is 2.21 bits per heavy atom. The lowest BCUT2D eigenvalue weighted by molar-refractivity contribution is 0.307. The Morgan fingerprint density at radius 3 is 2.95 bits per heavy atom. The first kappa shape index (κ1) is 13.4. The van der Waals surface area contributed by atoms with E-state index >= 15 is 0 Å². The lowest BCUT2D eigenvalue weighted by Gasteiger charge is -2.11. The number of nitrogens with zero attached hydrogens (tertiary/aromatic N) is 2. The van der Waals surface area contributed by atoms with Crippen LogP contribution in [0.4, 0.5) is 17.2 Å². The number of nitrogen functional groups attached to an aromatic ring is 1. The van der Waals surface area contributed by atoms with Crippen LogP contribution in [0.15, 0.2) is 30.6 Å². The van der Waals surface area contributed by atoms with Crippen molar-refractivity contribution < 1.29 is 4.74 Å². The first-order chi connectivity index (χ1) is 9.20. The third-order valence-electron chi connectivity index (χ3n) is 2.38. The maximum absolute atomic E-state index is 5.96. The number of halogens is 1. The molecule has 0 spiro atoms. The highest BCUT2D eigenvalue weighted by atomic mass is 35.5. The number of benzene rings is 1. The normalized spacial score (nSPS) is 10.2. The van der Waals surface area contributed by atoms with Gasteiger partial charge in [0.1, 0.15) is 12.0 Å². The molecule has 19 heavy (non-hydrogen) atoms. The molecule has 1 aromatic heterocycles. The van der Waals surface area contributed by atoms with Crippen LogP contribution in [-0.4, -0.2) is 16.6 Å². The highest BCUT2D eigenvalue weighted by molar-refractivity contribution is 6.30. The molecule has 0 amide bonds. The van der Waals surface area contributed by atoms with E-state index < -0.39 is 0 Å². The van der Waals surface area contributed by atoms with Crippen molar-refractivity contribution in [2.45, 2.75) is 13.3 Å². The van der Waals surface area contributed by atoms with Gasteiger partial charge in [-0.15, -0.1) is 0 Å². The minimum Gasteiger partial charge on any atom is -0.476 e. The van der Waals surface area contributed by atoms with Crippen molar-refractivity contribution in [3.63, 3.8) is 0 Å². The second-order valence-electron chi connectivity index (χ2n) is 3.92. The smallest absolute Gasteiger partial charge is 0.242 e. The Bertz CT molecular complexity index is 562. The van der Waals surface area contributed by atoms with Gasteiger partial charge in [-0.2, -0.15) is 4.98 Å². The third kappa shape index (κ3) is 3.48. The van der Waals surface area contributed by atoms with Gasteiger partial charge in [0, 0.05) is 10.7 Å². The molecule has 0 bridgehead atoms. The molecule has 5 nitrogen and oxygen atoms in total. The molecule has 0 aliphatic carbocycles. The molecule has 0 fully saturated rings. The first-order valence-corrected chi connectivity index (χ1v) is 6.34. The minimum atomic E-state index is 0.385. The molecule has 6 heteroatoms. The van der Waals surface area contributed by atoms with Crippen molar-refractivity contribution in [3.05, 3.63) is 35.6 Å². The van der Waals surface area contributed by atoms with Crippen molar-refractivity contribution in [3.8, 4) is 5.88 Å². The number of rotatable bonds is 5. The van der Waals surface area contributed by atoms with Gasteiger partial charge in [0.2, 0.25) is 5.88 Å². The molecule has 0 aliphatic rings. The van der Waals surface area contributed by atoms with E-state index in [0.717, 1.165) is 12.1 Å². The lowest BCUT2D eigenvalue weighted by atomic mass is 10.3. The zero-order valence-electron chi connectivity index (χ0n) is 10.6. The molecule has 0 unspecified atom stereocenters. The van der Waals surface area contributed by atoms with E-state index in [2.05, 4.69) is 15.3 Å². The Hall–Kier alpha value is -2.01. The van der Waals surface area contributed by atoms with E-state index in [4.69, 9.17) is 22.1 Å². The van der Waals surface area contributed by atoms with E-state index in [-0.39, 0.29) is 0 Å². The number of hydrogen-bond acceptors (Lipinski definition) is 5. The van der Waals surface area contributed by atoms with Gasteiger partial charge in [-0.3, -0.25) is 0 Å². The molecule has 0 atom stereocenters. The molecule has 2 aromatic rings. The summed E-state index contributed by atoms with van der Waals surface area (Å²) >= 11 is 5.92. The topological polar surface area (TPSA) is 73.1 Å². The average molecular weight is 279 g/mol. The summed E-state index contributed by atoms with van der Waals surface area (Å²) in [5, 5.41) is 3.73. The summed E-state index contributed by atoms with van der Waals surface area (Å²) in [6.07, 6.45) is 2.30. The van der Waals surface area contributed by atoms with Crippen LogP contribution in [0.5, 0.6) is 5.88 Å². The predicted octanol–water partition coefficient (Wildman–Crippen LogP) is 3.24. The number of anilines is 3. The molecular weight excluding hydrogens is 264 g/mol. The van der Waals surface area contributed by atoms with E-state index in [1.165, 1.54) is 6.33 Å². The second-order valence-corrected chi connectivity index (χ2v) is 4.36. The maximum atomic E-state index is 5.96. The van der Waals surface area contributed by atoms with Crippen LogP contribution in [-0.2, 0) is 0 Å². The summed E-state index contributed by atoms with van der Waals surface area (Å²) in [6, 6.07) is 7.30. The van der Waals surface area contributed by atoms with Crippen molar-refractivity contribution >= 4 is 28.8 Å². The fraction of sp³-hybridized carbons (Fsp3) is 0.231. The van der Waals surface area contributed by atoms with Crippen LogP contribution in [0.3, 0.4) is 0 Å². The average Bonchev–Trinajstić information content (AvgIpc) is 2.40. The van der Waals surface area contributed by atoms with Gasteiger partial charge in [-0.05, 0) is 24.6 Å². The quantitative estimate of drug-likeness (QED) is 0.878. The monoisotopic (exact) mass is 278 g/mol. The van der Waals surface area contributed by atoms with Crippen LogP contribution in [0.1, 0.15) is 13.3 Å². The molecule has 2 rings (SSSR count). The summed E-state index contributed by atoms with van der Waals surface area (Å²) in [5.41, 5.74) is 7.15. The molecule has 0 aliphatic heterocycles. The molecule has 0 saturated carbocycles. The van der Waals surface area contributed by atoms with Crippen LogP contribution in [0.2, 0.25) is 5.02 Å². The van der Waals surface area contributed by atoms with Crippen LogP contribution >= 0.6 is 11.6 Å². The largest absolute Gasteiger partial charge is 0.476 e. The molecule has 0 saturated heterocycles. The number of hydrogen-bond donors (Lipinski definition) is 2. The zero-order chi connectivity index (χ0) is 13.7. The van der Waals surface area contributed by atoms with Gasteiger partial charge < -0.3 is 15.8 Å². The van der Waals surface area contributed by atoms with Crippen LogP contribution in [0, 0.1) is 0 Å². The Morgan fingerprint density at radius 1 is 1.37 bits per heavy atom. The Labute approximate surface area is 116 Å². The third-order valence-corrected chi connectivity index (χ3v) is 2.61. The maximum Gasteiger partial charge on any atom is 0.242 e. The van der Waals surface area contributed by atoms with Crippen LogP contribution < -0.4 is 15.8 Å². The molecule has 100 valence electrons. The second kappa shape index (κ2) is 6.24. The van der Waals surface area contributed by atoms with Gasteiger partial charge in [0.25, 0.3) is 0 Å². The fourth-order valence-electron chi connectivity index (χ4n) is 1.50. The van der Waals surface area contributed by atoms with E-state index in [1.54, 1.807) is 12.1 Å². The molecule has 1 heterocycles. The summed E-state index contributed by atoms with van der Waals surface area (Å²) in [4.78, 5) is 8.11. The van der Waals surface area contributed by atoms with E-state index in [1.807, 2.05) is 19.1 Å². The first-order valence-electron chi connectivity index (χ1n) is 5.96. The summed E-state index contributed by atoms with van der Waals surface area (Å²) in [6.45, 7) is 2.58. The summed E-state index contributed by atoms with van der Waals surface area (Å²) < 4.78 is 5.45. The van der Waals surface area contributed by atoms with Crippen molar-refractivity contribution in [2.24, 2.45) is 0 Å². The van der Waals surface area contributed by atoms with Crippen molar-refractivity contribution in [2.75, 3.05) is 17.7 Å². The highest BCUT2D eigenvalue weighted by Crippen LogP contribution is 2.28. The number of aromatic nitrogens is 2. The molecular formula is C13H15ClN4O. The number of ether oxygens (including phenoxy) is 1. The Kier molecular flexibility index (Phi) is 4.41. The van der Waals surface area contributed by atoms with Crippen molar-refractivity contribution in [1.82, 2.24) is 9.97 Å². The van der Waals surface area contributed by atoms with E-state index in [0.29, 0.717) is 29.0 Å². The van der Waals surface area contributed by atoms with Crippen LogP contribution in [0.25, 0.3) is 0 Å². The number of nitrogens with two attached hydrogens (primary N) is 1. The molecule has 3 N–H and O–H groups in total. The molecule has 0 radical (unpaired) electrons. The zero-order valence-corrected chi connectivity index (χ0v) is 11.3.